The molecule has 3 heterocycles. The number of benzene rings is 1. The third-order valence-corrected chi connectivity index (χ3v) is 4.75. The molecule has 3 aromatic rings. The Bertz CT molecular complexity index is 973. The summed E-state index contributed by atoms with van der Waals surface area (Å²) in [4.78, 5) is 27.7. The van der Waals surface area contributed by atoms with Crippen molar-refractivity contribution in [3.05, 3.63) is 47.7 Å². The second kappa shape index (κ2) is 6.62. The fraction of sp³-hybridized carbons (Fsp3) is 0.333. The highest BCUT2D eigenvalue weighted by Gasteiger charge is 2.23. The molecule has 1 atom stereocenters. The lowest BCUT2D eigenvalue weighted by atomic mass is 10.1. The van der Waals surface area contributed by atoms with Crippen LogP contribution < -0.4 is 10.6 Å². The number of fused-ring (bicyclic) bond motifs is 2. The second-order valence-electron chi connectivity index (χ2n) is 6.50. The zero-order valence-corrected chi connectivity index (χ0v) is 14.5. The minimum absolute atomic E-state index is 0.0229. The Labute approximate surface area is 150 Å². The number of amides is 2. The van der Waals surface area contributed by atoms with Gasteiger partial charge in [-0.2, -0.15) is 0 Å². The number of aromatic nitrogens is 4. The Morgan fingerprint density at radius 2 is 2.19 bits per heavy atom. The first-order chi connectivity index (χ1) is 12.6. The Kier molecular flexibility index (Phi) is 4.16. The first kappa shape index (κ1) is 16.3. The maximum Gasteiger partial charge on any atom is 0.252 e. The summed E-state index contributed by atoms with van der Waals surface area (Å²) >= 11 is 0. The highest BCUT2D eigenvalue weighted by Crippen LogP contribution is 2.17. The second-order valence-corrected chi connectivity index (χ2v) is 6.50. The summed E-state index contributed by atoms with van der Waals surface area (Å²) < 4.78 is 2.03. The third kappa shape index (κ3) is 3.05. The largest absolute Gasteiger partial charge is 0.361 e. The minimum atomic E-state index is -0.258. The molecule has 134 valence electrons. The summed E-state index contributed by atoms with van der Waals surface area (Å²) in [7, 11) is 0. The molecule has 1 unspecified atom stereocenters. The molecule has 1 aliphatic rings. The SMILES string of the molecule is Cc1nnc2n1CC(NC(=O)CNC(=O)c1cccc3[nH]ccc13)CC2. The fourth-order valence-corrected chi connectivity index (χ4v) is 3.40. The van der Waals surface area contributed by atoms with Crippen molar-refractivity contribution in [2.24, 2.45) is 0 Å². The standard InChI is InChI=1S/C18H20N6O2/c1-11-22-23-16-6-5-12(10-24(11)16)21-17(25)9-20-18(26)14-3-2-4-15-13(14)7-8-19-15/h2-4,7-8,12,19H,5-6,9-10H2,1H3,(H,20,26)(H,21,25). The Hall–Kier alpha value is -3.16. The molecule has 0 bridgehead atoms. The predicted molar refractivity (Wildman–Crippen MR) is 95.6 cm³/mol. The smallest absolute Gasteiger partial charge is 0.252 e. The van der Waals surface area contributed by atoms with Gasteiger partial charge in [-0.15, -0.1) is 10.2 Å². The first-order valence-electron chi connectivity index (χ1n) is 8.64. The summed E-state index contributed by atoms with van der Waals surface area (Å²) in [5.41, 5.74) is 1.45. The summed E-state index contributed by atoms with van der Waals surface area (Å²) in [5, 5.41) is 14.7. The van der Waals surface area contributed by atoms with Crippen LogP contribution in [0.25, 0.3) is 10.9 Å². The van der Waals surface area contributed by atoms with Crippen LogP contribution in [0.2, 0.25) is 0 Å². The fourth-order valence-electron chi connectivity index (χ4n) is 3.40. The number of H-pyrrole nitrogens is 1. The molecule has 8 nitrogen and oxygen atoms in total. The number of carbonyl (C=O) groups is 2. The van der Waals surface area contributed by atoms with Crippen LogP contribution in [0.15, 0.2) is 30.5 Å². The van der Waals surface area contributed by atoms with Gasteiger partial charge in [0.25, 0.3) is 5.91 Å². The topological polar surface area (TPSA) is 105 Å². The maximum atomic E-state index is 12.4. The van der Waals surface area contributed by atoms with Crippen molar-refractivity contribution >= 4 is 22.7 Å². The Balaban J connectivity index is 1.34. The number of rotatable bonds is 4. The third-order valence-electron chi connectivity index (χ3n) is 4.75. The Morgan fingerprint density at radius 1 is 1.31 bits per heavy atom. The molecule has 8 heteroatoms. The molecule has 2 amide bonds. The van der Waals surface area contributed by atoms with E-state index in [-0.39, 0.29) is 24.4 Å². The van der Waals surface area contributed by atoms with E-state index in [2.05, 4.69) is 25.8 Å². The monoisotopic (exact) mass is 352 g/mol. The van der Waals surface area contributed by atoms with Gasteiger partial charge in [-0.3, -0.25) is 9.59 Å². The molecule has 3 N–H and O–H groups in total. The molecule has 2 aromatic heterocycles. The number of nitrogens with zero attached hydrogens (tertiary/aromatic N) is 3. The van der Waals surface area contributed by atoms with Crippen LogP contribution in [0, 0.1) is 6.92 Å². The van der Waals surface area contributed by atoms with Crippen LogP contribution in [0.1, 0.15) is 28.4 Å². The Morgan fingerprint density at radius 3 is 3.08 bits per heavy atom. The van der Waals surface area contributed by atoms with Gasteiger partial charge in [-0.05, 0) is 31.5 Å². The molecule has 1 aromatic carbocycles. The number of aryl methyl sites for hydroxylation is 2. The lowest BCUT2D eigenvalue weighted by molar-refractivity contribution is -0.121. The summed E-state index contributed by atoms with van der Waals surface area (Å²) in [6.45, 7) is 2.52. The van der Waals surface area contributed by atoms with Crippen LogP contribution in [-0.2, 0) is 17.8 Å². The van der Waals surface area contributed by atoms with E-state index in [1.807, 2.05) is 29.7 Å². The van der Waals surface area contributed by atoms with Crippen LogP contribution in [0.5, 0.6) is 0 Å². The van der Waals surface area contributed by atoms with Gasteiger partial charge < -0.3 is 20.2 Å². The average Bonchev–Trinajstić information content (AvgIpc) is 3.26. The van der Waals surface area contributed by atoms with Crippen molar-refractivity contribution < 1.29 is 9.59 Å². The zero-order chi connectivity index (χ0) is 18.1. The number of hydrogen-bond donors (Lipinski definition) is 3. The van der Waals surface area contributed by atoms with E-state index in [4.69, 9.17) is 0 Å². The molecule has 4 rings (SSSR count). The molecule has 0 aliphatic carbocycles. The lowest BCUT2D eigenvalue weighted by Crippen LogP contribution is -2.45. The van der Waals surface area contributed by atoms with E-state index in [1.165, 1.54) is 0 Å². The maximum absolute atomic E-state index is 12.4. The highest BCUT2D eigenvalue weighted by molar-refractivity contribution is 6.07. The minimum Gasteiger partial charge on any atom is -0.361 e. The molecule has 26 heavy (non-hydrogen) atoms. The van der Waals surface area contributed by atoms with E-state index < -0.39 is 0 Å². The van der Waals surface area contributed by atoms with E-state index in [9.17, 15) is 9.59 Å². The number of hydrogen-bond acceptors (Lipinski definition) is 4. The summed E-state index contributed by atoms with van der Waals surface area (Å²) in [6, 6.07) is 7.35. The van der Waals surface area contributed by atoms with E-state index in [0.29, 0.717) is 12.1 Å². The van der Waals surface area contributed by atoms with Crippen molar-refractivity contribution in [2.45, 2.75) is 32.4 Å². The van der Waals surface area contributed by atoms with Gasteiger partial charge in [0.1, 0.15) is 11.6 Å². The van der Waals surface area contributed by atoms with Gasteiger partial charge in [-0.25, -0.2) is 0 Å². The van der Waals surface area contributed by atoms with Gasteiger partial charge in [0, 0.05) is 41.7 Å². The normalized spacial score (nSPS) is 16.3. The number of nitrogens with one attached hydrogen (secondary N) is 3. The molecule has 1 aliphatic heterocycles. The van der Waals surface area contributed by atoms with Gasteiger partial charge in [-0.1, -0.05) is 6.07 Å². The molecule has 0 saturated heterocycles. The average molecular weight is 352 g/mol. The van der Waals surface area contributed by atoms with Crippen LogP contribution in [0.4, 0.5) is 0 Å². The highest BCUT2D eigenvalue weighted by atomic mass is 16.2. The number of carbonyl (C=O) groups excluding carboxylic acids is 2. The molecule has 0 spiro atoms. The van der Waals surface area contributed by atoms with E-state index in [1.54, 1.807) is 12.3 Å². The molecule has 0 saturated carbocycles. The molecular formula is C18H20N6O2. The lowest BCUT2D eigenvalue weighted by Gasteiger charge is -2.25. The van der Waals surface area contributed by atoms with Crippen molar-refractivity contribution in [2.75, 3.05) is 6.54 Å². The van der Waals surface area contributed by atoms with Gasteiger partial charge in [0.2, 0.25) is 5.91 Å². The summed E-state index contributed by atoms with van der Waals surface area (Å²) in [6.07, 6.45) is 3.40. The predicted octanol–water partition coefficient (Wildman–Crippen LogP) is 0.929. The van der Waals surface area contributed by atoms with Crippen molar-refractivity contribution in [1.29, 1.82) is 0 Å². The number of aromatic amines is 1. The molecular weight excluding hydrogens is 332 g/mol. The van der Waals surface area contributed by atoms with Crippen LogP contribution >= 0.6 is 0 Å². The quantitative estimate of drug-likeness (QED) is 0.649. The zero-order valence-electron chi connectivity index (χ0n) is 14.5. The molecule has 0 fully saturated rings. The van der Waals surface area contributed by atoms with Crippen molar-refractivity contribution in [3.63, 3.8) is 0 Å². The summed E-state index contributed by atoms with van der Waals surface area (Å²) in [5.74, 6) is 1.36. The van der Waals surface area contributed by atoms with Crippen LogP contribution in [-0.4, -0.2) is 44.1 Å². The first-order valence-corrected chi connectivity index (χ1v) is 8.64. The van der Waals surface area contributed by atoms with Gasteiger partial charge in [0.15, 0.2) is 0 Å². The van der Waals surface area contributed by atoms with E-state index in [0.717, 1.165) is 35.4 Å². The van der Waals surface area contributed by atoms with Gasteiger partial charge in [0.05, 0.1) is 6.54 Å². The molecule has 0 radical (unpaired) electrons. The van der Waals surface area contributed by atoms with E-state index >= 15 is 0 Å². The van der Waals surface area contributed by atoms with Gasteiger partial charge >= 0.3 is 0 Å². The van der Waals surface area contributed by atoms with Crippen LogP contribution in [0.3, 0.4) is 0 Å². The van der Waals surface area contributed by atoms with Crippen molar-refractivity contribution in [3.8, 4) is 0 Å². The van der Waals surface area contributed by atoms with Crippen molar-refractivity contribution in [1.82, 2.24) is 30.4 Å².